The van der Waals surface area contributed by atoms with Crippen LogP contribution in [0.2, 0.25) is 0 Å². The van der Waals surface area contributed by atoms with E-state index < -0.39 is 10.0 Å². The first-order valence-corrected chi connectivity index (χ1v) is 8.01. The lowest BCUT2D eigenvalue weighted by atomic mass is 10.1. The standard InChI is InChI=1S/C15H17NO3S/c16-20(17,18)11-10-19-15-8-6-14(7-9-15)12-13-4-2-1-3-5-13/h1-9H,10-12H2,(H2,16,17,18). The molecule has 0 aromatic heterocycles. The molecule has 4 nitrogen and oxygen atoms in total. The molecule has 0 fully saturated rings. The van der Waals surface area contributed by atoms with Crippen molar-refractivity contribution >= 4 is 10.0 Å². The van der Waals surface area contributed by atoms with Gasteiger partial charge in [-0.1, -0.05) is 42.5 Å². The van der Waals surface area contributed by atoms with Gasteiger partial charge in [-0.15, -0.1) is 0 Å². The van der Waals surface area contributed by atoms with Crippen molar-refractivity contribution in [3.8, 4) is 5.75 Å². The van der Waals surface area contributed by atoms with Crippen molar-refractivity contribution in [1.82, 2.24) is 0 Å². The zero-order valence-electron chi connectivity index (χ0n) is 11.0. The zero-order valence-corrected chi connectivity index (χ0v) is 11.8. The monoisotopic (exact) mass is 291 g/mol. The number of nitrogens with two attached hydrogens (primary N) is 1. The van der Waals surface area contributed by atoms with E-state index in [1.807, 2.05) is 42.5 Å². The second-order valence-electron chi connectivity index (χ2n) is 4.52. The molecule has 5 heteroatoms. The van der Waals surface area contributed by atoms with E-state index in [2.05, 4.69) is 12.1 Å². The van der Waals surface area contributed by atoms with Crippen LogP contribution in [0.5, 0.6) is 5.75 Å². The van der Waals surface area contributed by atoms with Crippen LogP contribution in [0.25, 0.3) is 0 Å². The fraction of sp³-hybridized carbons (Fsp3) is 0.200. The topological polar surface area (TPSA) is 69.4 Å². The molecule has 0 aliphatic rings. The van der Waals surface area contributed by atoms with E-state index in [1.165, 1.54) is 11.1 Å². The number of sulfonamides is 1. The minimum atomic E-state index is -3.47. The van der Waals surface area contributed by atoms with Gasteiger partial charge in [0, 0.05) is 0 Å². The number of hydrogen-bond acceptors (Lipinski definition) is 3. The van der Waals surface area contributed by atoms with E-state index in [0.717, 1.165) is 6.42 Å². The van der Waals surface area contributed by atoms with Crippen molar-refractivity contribution in [1.29, 1.82) is 0 Å². The van der Waals surface area contributed by atoms with Crippen LogP contribution in [0.1, 0.15) is 11.1 Å². The molecule has 2 rings (SSSR count). The van der Waals surface area contributed by atoms with Gasteiger partial charge in [0.05, 0.1) is 5.75 Å². The Labute approximate surface area is 119 Å². The van der Waals surface area contributed by atoms with E-state index >= 15 is 0 Å². The van der Waals surface area contributed by atoms with Crippen LogP contribution in [-0.4, -0.2) is 20.8 Å². The Kier molecular flexibility index (Phi) is 4.76. The van der Waals surface area contributed by atoms with E-state index in [4.69, 9.17) is 9.88 Å². The molecule has 0 saturated carbocycles. The van der Waals surface area contributed by atoms with Gasteiger partial charge in [0.15, 0.2) is 0 Å². The number of primary sulfonamides is 1. The molecule has 0 amide bonds. The fourth-order valence-electron chi connectivity index (χ4n) is 1.81. The number of ether oxygens (including phenoxy) is 1. The highest BCUT2D eigenvalue weighted by molar-refractivity contribution is 7.89. The first-order valence-electron chi connectivity index (χ1n) is 6.29. The Morgan fingerprint density at radius 3 is 2.10 bits per heavy atom. The largest absolute Gasteiger partial charge is 0.492 e. The molecule has 0 aliphatic carbocycles. The molecule has 2 N–H and O–H groups in total. The van der Waals surface area contributed by atoms with Gasteiger partial charge in [0.1, 0.15) is 12.4 Å². The summed E-state index contributed by atoms with van der Waals surface area (Å²) >= 11 is 0. The van der Waals surface area contributed by atoms with Crippen LogP contribution in [0.15, 0.2) is 54.6 Å². The van der Waals surface area contributed by atoms with Gasteiger partial charge in [-0.05, 0) is 29.7 Å². The third kappa shape index (κ3) is 5.03. The molecule has 0 radical (unpaired) electrons. The quantitative estimate of drug-likeness (QED) is 0.884. The van der Waals surface area contributed by atoms with Crippen molar-refractivity contribution in [2.45, 2.75) is 6.42 Å². The molecule has 0 spiro atoms. The van der Waals surface area contributed by atoms with Gasteiger partial charge in [0.2, 0.25) is 10.0 Å². The smallest absolute Gasteiger partial charge is 0.212 e. The summed E-state index contributed by atoms with van der Waals surface area (Å²) in [5.41, 5.74) is 2.42. The van der Waals surface area contributed by atoms with Gasteiger partial charge < -0.3 is 4.74 Å². The van der Waals surface area contributed by atoms with Crippen molar-refractivity contribution in [2.75, 3.05) is 12.4 Å². The Balaban J connectivity index is 1.90. The average Bonchev–Trinajstić information content (AvgIpc) is 2.41. The molecular formula is C15H17NO3S. The molecule has 0 heterocycles. The Bertz CT molecular complexity index is 637. The van der Waals surface area contributed by atoms with Crippen LogP contribution in [0.3, 0.4) is 0 Å². The molecule has 106 valence electrons. The van der Waals surface area contributed by atoms with E-state index in [-0.39, 0.29) is 12.4 Å². The Morgan fingerprint density at radius 2 is 1.50 bits per heavy atom. The minimum absolute atomic E-state index is 0.0663. The maximum atomic E-state index is 10.8. The maximum absolute atomic E-state index is 10.8. The van der Waals surface area contributed by atoms with Crippen molar-refractivity contribution in [2.24, 2.45) is 5.14 Å². The molecule has 0 atom stereocenters. The third-order valence-corrected chi connectivity index (χ3v) is 3.55. The molecule has 2 aromatic carbocycles. The highest BCUT2D eigenvalue weighted by Gasteiger charge is 2.03. The lowest BCUT2D eigenvalue weighted by molar-refractivity contribution is 0.341. The first-order chi connectivity index (χ1) is 9.53. The zero-order chi connectivity index (χ0) is 14.4. The number of rotatable bonds is 6. The van der Waals surface area contributed by atoms with Crippen LogP contribution < -0.4 is 9.88 Å². The SMILES string of the molecule is NS(=O)(=O)CCOc1ccc(Cc2ccccc2)cc1. The van der Waals surface area contributed by atoms with Gasteiger partial charge in [0.25, 0.3) is 0 Å². The lowest BCUT2D eigenvalue weighted by Gasteiger charge is -2.07. The summed E-state index contributed by atoms with van der Waals surface area (Å²) < 4.78 is 26.9. The van der Waals surface area contributed by atoms with Crippen molar-refractivity contribution < 1.29 is 13.2 Å². The highest BCUT2D eigenvalue weighted by Crippen LogP contribution is 2.15. The lowest BCUT2D eigenvalue weighted by Crippen LogP contribution is -2.21. The van der Waals surface area contributed by atoms with Crippen LogP contribution >= 0.6 is 0 Å². The van der Waals surface area contributed by atoms with Crippen molar-refractivity contribution in [3.05, 3.63) is 65.7 Å². The molecular weight excluding hydrogens is 274 g/mol. The summed E-state index contributed by atoms with van der Waals surface area (Å²) in [6.45, 7) is 0.0663. The normalized spacial score (nSPS) is 11.2. The summed E-state index contributed by atoms with van der Waals surface area (Å²) in [6, 6.07) is 17.8. The second-order valence-corrected chi connectivity index (χ2v) is 6.26. The predicted octanol–water partition coefficient (Wildman–Crippen LogP) is 1.94. The molecule has 0 saturated heterocycles. The minimum Gasteiger partial charge on any atom is -0.492 e. The van der Waals surface area contributed by atoms with Crippen molar-refractivity contribution in [3.63, 3.8) is 0 Å². The third-order valence-electron chi connectivity index (χ3n) is 2.81. The summed E-state index contributed by atoms with van der Waals surface area (Å²) in [7, 11) is -3.47. The van der Waals surface area contributed by atoms with Crippen LogP contribution in [-0.2, 0) is 16.4 Å². The van der Waals surface area contributed by atoms with Gasteiger partial charge in [-0.25, -0.2) is 13.6 Å². The van der Waals surface area contributed by atoms with E-state index in [0.29, 0.717) is 5.75 Å². The van der Waals surface area contributed by atoms with E-state index in [1.54, 1.807) is 0 Å². The number of benzene rings is 2. The fourth-order valence-corrected chi connectivity index (χ4v) is 2.13. The first kappa shape index (κ1) is 14.6. The number of hydrogen-bond donors (Lipinski definition) is 1. The summed E-state index contributed by atoms with van der Waals surface area (Å²) in [5.74, 6) is 0.462. The summed E-state index contributed by atoms with van der Waals surface area (Å²) in [4.78, 5) is 0. The molecule has 2 aromatic rings. The summed E-state index contributed by atoms with van der Waals surface area (Å²) in [5, 5.41) is 4.90. The Morgan fingerprint density at radius 1 is 0.900 bits per heavy atom. The molecule has 20 heavy (non-hydrogen) atoms. The molecule has 0 aliphatic heterocycles. The van der Waals surface area contributed by atoms with Crippen LogP contribution in [0.4, 0.5) is 0 Å². The predicted molar refractivity (Wildman–Crippen MR) is 79.2 cm³/mol. The molecule has 0 bridgehead atoms. The Hall–Kier alpha value is -1.85. The maximum Gasteiger partial charge on any atom is 0.212 e. The summed E-state index contributed by atoms with van der Waals surface area (Å²) in [6.07, 6.45) is 0.859. The second kappa shape index (κ2) is 6.54. The average molecular weight is 291 g/mol. The van der Waals surface area contributed by atoms with Gasteiger partial charge in [-0.2, -0.15) is 0 Å². The van der Waals surface area contributed by atoms with Gasteiger partial charge in [-0.3, -0.25) is 0 Å². The molecule has 0 unspecified atom stereocenters. The van der Waals surface area contributed by atoms with E-state index in [9.17, 15) is 8.42 Å². The highest BCUT2D eigenvalue weighted by atomic mass is 32.2. The van der Waals surface area contributed by atoms with Gasteiger partial charge >= 0.3 is 0 Å². The van der Waals surface area contributed by atoms with Crippen LogP contribution in [0, 0.1) is 0 Å².